The summed E-state index contributed by atoms with van der Waals surface area (Å²) in [5.74, 6) is -2.26. The van der Waals surface area contributed by atoms with Crippen LogP contribution in [0.1, 0.15) is 15.9 Å². The van der Waals surface area contributed by atoms with Gasteiger partial charge in [-0.3, -0.25) is 4.79 Å². The highest BCUT2D eigenvalue weighted by Crippen LogP contribution is 2.36. The Kier molecular flexibility index (Phi) is 3.48. The molecule has 0 heterocycles. The fraction of sp³-hybridized carbons (Fsp3) is 0.0714. The fourth-order valence-corrected chi connectivity index (χ4v) is 1.89. The summed E-state index contributed by atoms with van der Waals surface area (Å²) in [6.07, 6.45) is -4.80. The van der Waals surface area contributed by atoms with E-state index in [2.05, 4.69) is 0 Å². The number of hydrogen-bond acceptors (Lipinski definition) is 1. The Hall–Kier alpha value is -2.37. The molecule has 0 bridgehead atoms. The van der Waals surface area contributed by atoms with Crippen LogP contribution in [-0.2, 0) is 6.18 Å². The molecule has 0 atom stereocenters. The number of alkyl halides is 3. The molecule has 2 nitrogen and oxygen atoms in total. The molecule has 1 amide bonds. The lowest BCUT2D eigenvalue weighted by molar-refractivity contribution is -0.139. The number of hydrogen-bond donors (Lipinski definition) is 1. The first-order valence-electron chi connectivity index (χ1n) is 5.57. The van der Waals surface area contributed by atoms with Crippen molar-refractivity contribution in [1.82, 2.24) is 0 Å². The summed E-state index contributed by atoms with van der Waals surface area (Å²) >= 11 is 0. The summed E-state index contributed by atoms with van der Waals surface area (Å²) in [5.41, 5.74) is 3.45. The van der Waals surface area contributed by atoms with Crippen LogP contribution < -0.4 is 5.73 Å². The summed E-state index contributed by atoms with van der Waals surface area (Å²) in [6, 6.07) is 8.56. The minimum atomic E-state index is -4.80. The predicted octanol–water partition coefficient (Wildman–Crippen LogP) is 3.61. The number of primary amides is 1. The number of amides is 1. The summed E-state index contributed by atoms with van der Waals surface area (Å²) < 4.78 is 52.0. The van der Waals surface area contributed by atoms with Gasteiger partial charge in [0, 0.05) is 11.1 Å². The summed E-state index contributed by atoms with van der Waals surface area (Å²) in [6.45, 7) is 0. The quantitative estimate of drug-likeness (QED) is 0.841. The molecule has 0 saturated carbocycles. The highest BCUT2D eigenvalue weighted by Gasteiger charge is 2.35. The molecule has 0 saturated heterocycles. The molecule has 0 radical (unpaired) electrons. The monoisotopic (exact) mass is 283 g/mol. The van der Waals surface area contributed by atoms with Crippen molar-refractivity contribution in [2.45, 2.75) is 6.18 Å². The molecule has 0 unspecified atom stereocenters. The Morgan fingerprint density at radius 1 is 0.950 bits per heavy atom. The van der Waals surface area contributed by atoms with Crippen molar-refractivity contribution in [3.8, 4) is 11.1 Å². The second kappa shape index (κ2) is 4.96. The molecule has 6 heteroatoms. The minimum absolute atomic E-state index is 0.0311. The fourth-order valence-electron chi connectivity index (χ4n) is 1.89. The number of carbonyl (C=O) groups excluding carboxylic acids is 1. The van der Waals surface area contributed by atoms with E-state index in [0.29, 0.717) is 6.07 Å². The molecule has 0 aliphatic carbocycles. The van der Waals surface area contributed by atoms with Gasteiger partial charge in [-0.05, 0) is 17.7 Å². The normalized spacial score (nSPS) is 11.4. The molecule has 2 aromatic carbocycles. The van der Waals surface area contributed by atoms with Gasteiger partial charge in [0.05, 0.1) is 5.56 Å². The van der Waals surface area contributed by atoms with E-state index in [1.54, 1.807) is 0 Å². The second-order valence-corrected chi connectivity index (χ2v) is 4.07. The van der Waals surface area contributed by atoms with Crippen LogP contribution >= 0.6 is 0 Å². The molecular formula is C14H9F4NO. The first kappa shape index (κ1) is 14.0. The van der Waals surface area contributed by atoms with Gasteiger partial charge in [0.15, 0.2) is 0 Å². The molecule has 2 N–H and O–H groups in total. The zero-order chi connectivity index (χ0) is 14.9. The average Bonchev–Trinajstić information content (AvgIpc) is 2.37. The van der Waals surface area contributed by atoms with Gasteiger partial charge in [0.2, 0.25) is 5.91 Å². The Morgan fingerprint density at radius 2 is 1.55 bits per heavy atom. The van der Waals surface area contributed by atoms with Crippen molar-refractivity contribution in [2.75, 3.05) is 0 Å². The van der Waals surface area contributed by atoms with Crippen LogP contribution in [0.4, 0.5) is 17.6 Å². The minimum Gasteiger partial charge on any atom is -0.366 e. The van der Waals surface area contributed by atoms with Crippen molar-refractivity contribution >= 4 is 5.91 Å². The van der Waals surface area contributed by atoms with Crippen LogP contribution in [-0.4, -0.2) is 5.91 Å². The first-order valence-corrected chi connectivity index (χ1v) is 5.57. The Morgan fingerprint density at radius 3 is 2.15 bits per heavy atom. The summed E-state index contributed by atoms with van der Waals surface area (Å²) in [7, 11) is 0. The Bertz CT molecular complexity index is 664. The maximum absolute atomic E-state index is 14.0. The van der Waals surface area contributed by atoms with Gasteiger partial charge in [-0.1, -0.05) is 30.3 Å². The van der Waals surface area contributed by atoms with Gasteiger partial charge in [-0.15, -0.1) is 0 Å². The Labute approximate surface area is 111 Å². The van der Waals surface area contributed by atoms with Crippen LogP contribution in [0, 0.1) is 5.82 Å². The van der Waals surface area contributed by atoms with Crippen LogP contribution in [0.25, 0.3) is 11.1 Å². The van der Waals surface area contributed by atoms with E-state index < -0.39 is 23.5 Å². The van der Waals surface area contributed by atoms with Crippen LogP contribution in [0.15, 0.2) is 42.5 Å². The standard InChI is InChI=1S/C14H9F4NO/c15-12-9(6-3-7-11(12)14(16,17)18)8-4-1-2-5-10(8)13(19)20/h1-7H,(H2,19,20). The third-order valence-electron chi connectivity index (χ3n) is 2.79. The smallest absolute Gasteiger partial charge is 0.366 e. The van der Waals surface area contributed by atoms with Crippen LogP contribution in [0.2, 0.25) is 0 Å². The molecular weight excluding hydrogens is 274 g/mol. The molecule has 0 aromatic heterocycles. The zero-order valence-electron chi connectivity index (χ0n) is 10.0. The molecule has 2 aromatic rings. The number of carbonyl (C=O) groups is 1. The van der Waals surface area contributed by atoms with E-state index in [-0.39, 0.29) is 16.7 Å². The lowest BCUT2D eigenvalue weighted by Crippen LogP contribution is -2.13. The number of benzene rings is 2. The van der Waals surface area contributed by atoms with Gasteiger partial charge in [0.25, 0.3) is 0 Å². The third-order valence-corrected chi connectivity index (χ3v) is 2.79. The van der Waals surface area contributed by atoms with E-state index in [1.807, 2.05) is 0 Å². The largest absolute Gasteiger partial charge is 0.419 e. The van der Waals surface area contributed by atoms with E-state index in [1.165, 1.54) is 30.3 Å². The molecule has 0 spiro atoms. The van der Waals surface area contributed by atoms with Gasteiger partial charge in [-0.25, -0.2) is 4.39 Å². The SMILES string of the molecule is NC(=O)c1ccccc1-c1cccc(C(F)(F)F)c1F. The maximum Gasteiger partial charge on any atom is 0.419 e. The lowest BCUT2D eigenvalue weighted by Gasteiger charge is -2.13. The molecule has 2 rings (SSSR count). The summed E-state index contributed by atoms with van der Waals surface area (Å²) in [4.78, 5) is 11.3. The molecule has 0 fully saturated rings. The van der Waals surface area contributed by atoms with Crippen molar-refractivity contribution in [1.29, 1.82) is 0 Å². The highest BCUT2D eigenvalue weighted by atomic mass is 19.4. The third kappa shape index (κ3) is 2.49. The topological polar surface area (TPSA) is 43.1 Å². The van der Waals surface area contributed by atoms with Gasteiger partial charge < -0.3 is 5.73 Å². The molecule has 20 heavy (non-hydrogen) atoms. The van der Waals surface area contributed by atoms with Crippen molar-refractivity contribution in [3.63, 3.8) is 0 Å². The van der Waals surface area contributed by atoms with Crippen molar-refractivity contribution in [3.05, 3.63) is 59.4 Å². The van der Waals surface area contributed by atoms with Crippen LogP contribution in [0.5, 0.6) is 0 Å². The van der Waals surface area contributed by atoms with E-state index in [0.717, 1.165) is 6.07 Å². The van der Waals surface area contributed by atoms with E-state index >= 15 is 0 Å². The molecule has 0 aliphatic rings. The number of rotatable bonds is 2. The Balaban J connectivity index is 2.69. The predicted molar refractivity (Wildman–Crippen MR) is 65.4 cm³/mol. The maximum atomic E-state index is 14.0. The lowest BCUT2D eigenvalue weighted by atomic mass is 9.97. The number of nitrogens with two attached hydrogens (primary N) is 1. The van der Waals surface area contributed by atoms with Crippen molar-refractivity contribution < 1.29 is 22.4 Å². The molecule has 104 valence electrons. The van der Waals surface area contributed by atoms with E-state index in [9.17, 15) is 22.4 Å². The van der Waals surface area contributed by atoms with E-state index in [4.69, 9.17) is 5.73 Å². The first-order chi connectivity index (χ1) is 9.32. The average molecular weight is 283 g/mol. The molecule has 0 aliphatic heterocycles. The van der Waals surface area contributed by atoms with Gasteiger partial charge in [0.1, 0.15) is 5.82 Å². The van der Waals surface area contributed by atoms with Crippen LogP contribution in [0.3, 0.4) is 0 Å². The summed E-state index contributed by atoms with van der Waals surface area (Å²) in [5, 5.41) is 0. The van der Waals surface area contributed by atoms with Gasteiger partial charge in [-0.2, -0.15) is 13.2 Å². The number of halogens is 4. The van der Waals surface area contributed by atoms with Gasteiger partial charge >= 0.3 is 6.18 Å². The zero-order valence-corrected chi connectivity index (χ0v) is 10.0. The van der Waals surface area contributed by atoms with Crippen molar-refractivity contribution in [2.24, 2.45) is 5.73 Å². The second-order valence-electron chi connectivity index (χ2n) is 4.07. The highest BCUT2D eigenvalue weighted by molar-refractivity contribution is 5.99.